The lowest BCUT2D eigenvalue weighted by molar-refractivity contribution is 0.0497. The minimum Gasteiger partial charge on any atom is -0.444 e. The predicted molar refractivity (Wildman–Crippen MR) is 108 cm³/mol. The lowest BCUT2D eigenvalue weighted by atomic mass is 10.1. The van der Waals surface area contributed by atoms with E-state index in [1.54, 1.807) is 39.0 Å². The maximum Gasteiger partial charge on any atom is 0.408 e. The third-order valence-corrected chi connectivity index (χ3v) is 7.25. The molecule has 1 aliphatic carbocycles. The summed E-state index contributed by atoms with van der Waals surface area (Å²) in [5, 5.41) is 1.70. The van der Waals surface area contributed by atoms with Crippen molar-refractivity contribution in [1.29, 1.82) is 0 Å². The molecule has 1 fully saturated rings. The van der Waals surface area contributed by atoms with Crippen LogP contribution in [-0.2, 0) is 14.6 Å². The number of carbonyl (C=O) groups excluding carboxylic acids is 1. The van der Waals surface area contributed by atoms with Gasteiger partial charge >= 0.3 is 6.09 Å². The van der Waals surface area contributed by atoms with Crippen LogP contribution in [0.5, 0.6) is 0 Å². The van der Waals surface area contributed by atoms with Crippen LogP contribution in [0.2, 0.25) is 0 Å². The maximum absolute atomic E-state index is 13.4. The number of halogens is 1. The Morgan fingerprint density at radius 2 is 1.72 bits per heavy atom. The minimum absolute atomic E-state index is 0.120. The number of ether oxygens (including phenoxy) is 1. The van der Waals surface area contributed by atoms with Crippen LogP contribution in [0.4, 0.5) is 9.18 Å². The number of benzene rings is 2. The Balaban J connectivity index is 2.03. The van der Waals surface area contributed by atoms with Crippen molar-refractivity contribution in [3.63, 3.8) is 0 Å². The van der Waals surface area contributed by atoms with E-state index in [1.165, 1.54) is 36.4 Å². The van der Waals surface area contributed by atoms with Crippen LogP contribution in [0.25, 0.3) is 0 Å². The highest BCUT2D eigenvalue weighted by Crippen LogP contribution is 2.56. The van der Waals surface area contributed by atoms with Gasteiger partial charge in [-0.05, 0) is 50.6 Å². The summed E-state index contributed by atoms with van der Waals surface area (Å²) in [5.74, 6) is -1.07. The van der Waals surface area contributed by atoms with Crippen molar-refractivity contribution in [2.75, 3.05) is 6.54 Å². The number of amides is 1. The number of hydrogen-bond donors (Lipinski definition) is 2. The molecule has 3 N–H and O–H groups in total. The van der Waals surface area contributed by atoms with Gasteiger partial charge < -0.3 is 15.8 Å². The summed E-state index contributed by atoms with van der Waals surface area (Å²) in [4.78, 5) is 12.6. The number of nitrogens with two attached hydrogens (primary N) is 1. The molecule has 2 aromatic rings. The Kier molecular flexibility index (Phi) is 5.44. The van der Waals surface area contributed by atoms with E-state index in [1.807, 2.05) is 0 Å². The minimum atomic E-state index is -3.83. The average molecular weight is 421 g/mol. The van der Waals surface area contributed by atoms with E-state index in [0.29, 0.717) is 5.56 Å². The van der Waals surface area contributed by atoms with Gasteiger partial charge in [-0.1, -0.05) is 30.3 Å². The molecule has 0 unspecified atom stereocenters. The van der Waals surface area contributed by atoms with Crippen molar-refractivity contribution >= 4 is 15.9 Å². The van der Waals surface area contributed by atoms with Gasteiger partial charge in [-0.3, -0.25) is 0 Å². The zero-order valence-electron chi connectivity index (χ0n) is 16.6. The summed E-state index contributed by atoms with van der Waals surface area (Å²) >= 11 is 0. The highest BCUT2D eigenvalue weighted by Gasteiger charge is 2.71. The number of carbonyl (C=O) groups is 1. The molecule has 0 saturated heterocycles. The smallest absolute Gasteiger partial charge is 0.408 e. The fourth-order valence-electron chi connectivity index (χ4n) is 3.70. The molecule has 0 heterocycles. The van der Waals surface area contributed by atoms with Crippen molar-refractivity contribution in [2.24, 2.45) is 5.73 Å². The topological polar surface area (TPSA) is 98.5 Å². The Hall–Kier alpha value is -2.45. The molecular weight excluding hydrogens is 395 g/mol. The quantitative estimate of drug-likeness (QED) is 0.775. The lowest BCUT2D eigenvalue weighted by Gasteiger charge is -2.24. The van der Waals surface area contributed by atoms with E-state index in [-0.39, 0.29) is 11.4 Å². The first-order valence-electron chi connectivity index (χ1n) is 9.27. The molecule has 2 aromatic carbocycles. The van der Waals surface area contributed by atoms with Crippen LogP contribution in [0.3, 0.4) is 0 Å². The van der Waals surface area contributed by atoms with Crippen molar-refractivity contribution < 1.29 is 22.3 Å². The first-order chi connectivity index (χ1) is 13.5. The first kappa shape index (κ1) is 21.3. The van der Waals surface area contributed by atoms with Gasteiger partial charge in [0, 0.05) is 12.5 Å². The van der Waals surface area contributed by atoms with Crippen LogP contribution in [0.15, 0.2) is 59.5 Å². The van der Waals surface area contributed by atoms with Gasteiger partial charge in [0.1, 0.15) is 16.7 Å². The summed E-state index contributed by atoms with van der Waals surface area (Å²) < 4.78 is 45.5. The number of hydrogen-bond acceptors (Lipinski definition) is 5. The summed E-state index contributed by atoms with van der Waals surface area (Å²) in [7, 11) is -3.83. The molecule has 0 radical (unpaired) electrons. The second kappa shape index (κ2) is 7.42. The van der Waals surface area contributed by atoms with Crippen LogP contribution in [-0.4, -0.2) is 37.4 Å². The van der Waals surface area contributed by atoms with Gasteiger partial charge in [-0.2, -0.15) is 0 Å². The van der Waals surface area contributed by atoms with Crippen LogP contribution >= 0.6 is 0 Å². The maximum atomic E-state index is 13.4. The SMILES string of the molecule is CC(C)(C)OC(=O)N[C@@]1(CN)[C@H](c2ccc(F)cc2)[C@@H]1S(=O)(=O)c1ccccc1. The van der Waals surface area contributed by atoms with Gasteiger partial charge in [0.05, 0.1) is 10.4 Å². The fourth-order valence-corrected chi connectivity index (χ4v) is 6.06. The molecule has 0 aromatic heterocycles. The van der Waals surface area contributed by atoms with Gasteiger partial charge in [-0.25, -0.2) is 17.6 Å². The third kappa shape index (κ3) is 4.13. The Morgan fingerprint density at radius 1 is 1.14 bits per heavy atom. The van der Waals surface area contributed by atoms with E-state index in [2.05, 4.69) is 5.32 Å². The van der Waals surface area contributed by atoms with Gasteiger partial charge in [-0.15, -0.1) is 0 Å². The molecular formula is C21H25FN2O4S. The predicted octanol–water partition coefficient (Wildman–Crippen LogP) is 2.99. The molecule has 1 amide bonds. The number of rotatable bonds is 5. The summed E-state index contributed by atoms with van der Waals surface area (Å²) in [6.45, 7) is 5.02. The molecule has 1 aliphatic rings. The standard InChI is InChI=1S/C21H25FN2O4S/c1-20(2,3)28-19(25)24-21(13-23)17(14-9-11-15(22)12-10-14)18(21)29(26,27)16-7-5-4-6-8-16/h4-12,17-18H,13,23H2,1-3H3,(H,24,25)/t17-,18+,21+/m1/s1. The van der Waals surface area contributed by atoms with Gasteiger partial charge in [0.2, 0.25) is 0 Å². The second-order valence-electron chi connectivity index (χ2n) is 8.18. The van der Waals surface area contributed by atoms with E-state index in [4.69, 9.17) is 10.5 Å². The second-order valence-corrected chi connectivity index (χ2v) is 10.2. The first-order valence-corrected chi connectivity index (χ1v) is 10.8. The molecule has 156 valence electrons. The van der Waals surface area contributed by atoms with Gasteiger partial charge in [0.15, 0.2) is 9.84 Å². The molecule has 3 atom stereocenters. The van der Waals surface area contributed by atoms with E-state index in [0.717, 1.165) is 0 Å². The fraction of sp³-hybridized carbons (Fsp3) is 0.381. The van der Waals surface area contributed by atoms with Crippen molar-refractivity contribution in [3.05, 3.63) is 66.0 Å². The van der Waals surface area contributed by atoms with Crippen molar-refractivity contribution in [2.45, 2.75) is 48.0 Å². The summed E-state index contributed by atoms with van der Waals surface area (Å²) in [6.07, 6.45) is -0.749. The highest BCUT2D eigenvalue weighted by molar-refractivity contribution is 7.92. The highest BCUT2D eigenvalue weighted by atomic mass is 32.2. The molecule has 0 aliphatic heterocycles. The zero-order chi connectivity index (χ0) is 21.4. The lowest BCUT2D eigenvalue weighted by Crippen LogP contribution is -2.49. The Morgan fingerprint density at radius 3 is 2.24 bits per heavy atom. The van der Waals surface area contributed by atoms with E-state index >= 15 is 0 Å². The number of alkyl carbamates (subject to hydrolysis) is 1. The monoisotopic (exact) mass is 420 g/mol. The summed E-state index contributed by atoms with van der Waals surface area (Å²) in [6, 6.07) is 13.5. The normalized spacial score (nSPS) is 24.0. The molecule has 8 heteroatoms. The van der Waals surface area contributed by atoms with Crippen LogP contribution in [0, 0.1) is 5.82 Å². The Labute approximate surface area is 170 Å². The molecule has 29 heavy (non-hydrogen) atoms. The van der Waals surface area contributed by atoms with Gasteiger partial charge in [0.25, 0.3) is 0 Å². The summed E-state index contributed by atoms with van der Waals surface area (Å²) in [5.41, 5.74) is 4.56. The molecule has 6 nitrogen and oxygen atoms in total. The molecule has 0 bridgehead atoms. The molecule has 3 rings (SSSR count). The largest absolute Gasteiger partial charge is 0.444 e. The zero-order valence-corrected chi connectivity index (χ0v) is 17.4. The van der Waals surface area contributed by atoms with Crippen molar-refractivity contribution in [3.8, 4) is 0 Å². The van der Waals surface area contributed by atoms with E-state index in [9.17, 15) is 17.6 Å². The number of nitrogens with one attached hydrogen (secondary N) is 1. The average Bonchev–Trinajstić information content (AvgIpc) is 3.31. The number of sulfone groups is 1. The van der Waals surface area contributed by atoms with Crippen LogP contribution < -0.4 is 11.1 Å². The Bertz CT molecular complexity index is 988. The van der Waals surface area contributed by atoms with Crippen molar-refractivity contribution in [1.82, 2.24) is 5.32 Å². The molecule has 1 saturated carbocycles. The van der Waals surface area contributed by atoms with Crippen LogP contribution in [0.1, 0.15) is 32.3 Å². The van der Waals surface area contributed by atoms with E-state index < -0.39 is 44.1 Å². The molecule has 0 spiro atoms. The third-order valence-electron chi connectivity index (χ3n) is 4.96.